The van der Waals surface area contributed by atoms with E-state index in [1.807, 2.05) is 17.9 Å². The first-order chi connectivity index (χ1) is 9.52. The highest BCUT2D eigenvalue weighted by Crippen LogP contribution is 2.32. The number of esters is 1. The smallest absolute Gasteiger partial charge is 0.308 e. The van der Waals surface area contributed by atoms with Crippen molar-refractivity contribution in [2.24, 2.45) is 5.92 Å². The molecule has 0 aromatic heterocycles. The summed E-state index contributed by atoms with van der Waals surface area (Å²) in [4.78, 5) is 24.2. The van der Waals surface area contributed by atoms with Crippen molar-refractivity contribution in [2.75, 3.05) is 25.1 Å². The molecule has 0 radical (unpaired) electrons. The van der Waals surface area contributed by atoms with Crippen molar-refractivity contribution in [1.82, 2.24) is 0 Å². The van der Waals surface area contributed by atoms with Crippen molar-refractivity contribution < 1.29 is 14.5 Å². The molecule has 0 amide bonds. The zero-order valence-corrected chi connectivity index (χ0v) is 11.7. The molecule has 1 aliphatic rings. The van der Waals surface area contributed by atoms with Gasteiger partial charge in [-0.25, -0.2) is 0 Å². The Kier molecular flexibility index (Phi) is 4.22. The molecule has 0 atom stereocenters. The molecular weight excluding hydrogens is 260 g/mol. The van der Waals surface area contributed by atoms with Gasteiger partial charge < -0.3 is 9.64 Å². The molecular formula is C14H18N2O4. The van der Waals surface area contributed by atoms with Crippen LogP contribution in [0.25, 0.3) is 0 Å². The number of hydrogen-bond acceptors (Lipinski definition) is 5. The normalized spacial score (nSPS) is 16.0. The quantitative estimate of drug-likeness (QED) is 0.482. The molecule has 1 fully saturated rings. The van der Waals surface area contributed by atoms with Crippen LogP contribution in [-0.4, -0.2) is 31.1 Å². The number of ether oxygens (including phenoxy) is 1. The highest BCUT2D eigenvalue weighted by atomic mass is 16.6. The lowest BCUT2D eigenvalue weighted by Gasteiger charge is -2.32. The van der Waals surface area contributed by atoms with Crippen molar-refractivity contribution in [1.29, 1.82) is 0 Å². The predicted molar refractivity (Wildman–Crippen MR) is 74.8 cm³/mol. The number of rotatable bonds is 3. The summed E-state index contributed by atoms with van der Waals surface area (Å²) in [5.74, 6) is -0.288. The van der Waals surface area contributed by atoms with Gasteiger partial charge >= 0.3 is 5.97 Å². The lowest BCUT2D eigenvalue weighted by molar-refractivity contribution is -0.384. The molecule has 0 saturated carbocycles. The fourth-order valence-electron chi connectivity index (χ4n) is 2.56. The number of methoxy groups -OCH3 is 1. The zero-order valence-electron chi connectivity index (χ0n) is 11.7. The minimum Gasteiger partial charge on any atom is -0.469 e. The number of aryl methyl sites for hydroxylation is 1. The van der Waals surface area contributed by atoms with E-state index in [-0.39, 0.29) is 22.5 Å². The van der Waals surface area contributed by atoms with Crippen molar-refractivity contribution >= 4 is 17.3 Å². The molecule has 6 nitrogen and oxygen atoms in total. The maximum atomic E-state index is 11.5. The minimum absolute atomic E-state index is 0.0971. The topological polar surface area (TPSA) is 72.7 Å². The number of hydrogen-bond donors (Lipinski definition) is 0. The molecule has 20 heavy (non-hydrogen) atoms. The number of carbonyl (C=O) groups is 1. The summed E-state index contributed by atoms with van der Waals surface area (Å²) in [5.41, 5.74) is 1.74. The monoisotopic (exact) mass is 278 g/mol. The van der Waals surface area contributed by atoms with Crippen LogP contribution in [-0.2, 0) is 9.53 Å². The van der Waals surface area contributed by atoms with Crippen LogP contribution in [0.15, 0.2) is 18.2 Å². The van der Waals surface area contributed by atoms with Crippen LogP contribution >= 0.6 is 0 Å². The Hall–Kier alpha value is -2.11. The fourth-order valence-corrected chi connectivity index (χ4v) is 2.56. The average molecular weight is 278 g/mol. The lowest BCUT2D eigenvalue weighted by atomic mass is 9.96. The standard InChI is InChI=1S/C14H18N2O4/c1-10-3-4-12(16(18)19)13(9-10)15-7-5-11(6-8-15)14(17)20-2/h3-4,9,11H,5-8H2,1-2H3. The van der Waals surface area contributed by atoms with Crippen molar-refractivity contribution in [3.8, 4) is 0 Å². The predicted octanol–water partition coefficient (Wildman–Crippen LogP) is 2.29. The molecule has 1 heterocycles. The molecule has 108 valence electrons. The van der Waals surface area contributed by atoms with Gasteiger partial charge in [-0.2, -0.15) is 0 Å². The van der Waals surface area contributed by atoms with Gasteiger partial charge in [-0.1, -0.05) is 6.07 Å². The Morgan fingerprint density at radius 1 is 1.40 bits per heavy atom. The summed E-state index contributed by atoms with van der Waals surface area (Å²) in [5, 5.41) is 11.1. The minimum atomic E-state index is -0.360. The van der Waals surface area contributed by atoms with Crippen molar-refractivity contribution in [3.05, 3.63) is 33.9 Å². The van der Waals surface area contributed by atoms with E-state index in [2.05, 4.69) is 0 Å². The number of benzene rings is 1. The van der Waals surface area contributed by atoms with E-state index in [4.69, 9.17) is 4.74 Å². The summed E-state index contributed by atoms with van der Waals surface area (Å²) >= 11 is 0. The first kappa shape index (κ1) is 14.3. The largest absolute Gasteiger partial charge is 0.469 e. The van der Waals surface area contributed by atoms with Gasteiger partial charge in [0.2, 0.25) is 0 Å². The van der Waals surface area contributed by atoms with Crippen LogP contribution in [0.3, 0.4) is 0 Å². The van der Waals surface area contributed by atoms with E-state index in [0.717, 1.165) is 5.56 Å². The third kappa shape index (κ3) is 2.89. The Balaban J connectivity index is 2.16. The molecule has 0 N–H and O–H groups in total. The molecule has 6 heteroatoms. The Morgan fingerprint density at radius 2 is 2.05 bits per heavy atom. The Bertz CT molecular complexity index is 522. The molecule has 0 bridgehead atoms. The molecule has 0 spiro atoms. The molecule has 1 aromatic carbocycles. The number of piperidine rings is 1. The van der Waals surface area contributed by atoms with Gasteiger partial charge in [0, 0.05) is 19.2 Å². The summed E-state index contributed by atoms with van der Waals surface area (Å²) in [6.45, 7) is 3.17. The fraction of sp³-hybridized carbons (Fsp3) is 0.500. The number of anilines is 1. The van der Waals surface area contributed by atoms with Crippen molar-refractivity contribution in [3.63, 3.8) is 0 Å². The van der Waals surface area contributed by atoms with Crippen LogP contribution in [0.1, 0.15) is 18.4 Å². The van der Waals surface area contributed by atoms with Gasteiger partial charge in [0.05, 0.1) is 18.0 Å². The van der Waals surface area contributed by atoms with Gasteiger partial charge in [0.1, 0.15) is 5.69 Å². The zero-order chi connectivity index (χ0) is 14.7. The summed E-state index contributed by atoms with van der Waals surface area (Å²) in [7, 11) is 1.39. The number of carbonyl (C=O) groups excluding carboxylic acids is 1. The van der Waals surface area contributed by atoms with E-state index >= 15 is 0 Å². The molecule has 1 saturated heterocycles. The van der Waals surface area contributed by atoms with Gasteiger partial charge in [-0.3, -0.25) is 14.9 Å². The molecule has 2 rings (SSSR count). The third-order valence-electron chi connectivity index (χ3n) is 3.70. The Morgan fingerprint density at radius 3 is 2.60 bits per heavy atom. The number of nitro benzene ring substituents is 1. The van der Waals surface area contributed by atoms with Gasteiger partial charge in [-0.15, -0.1) is 0 Å². The second kappa shape index (κ2) is 5.90. The highest BCUT2D eigenvalue weighted by molar-refractivity contribution is 5.73. The molecule has 1 aromatic rings. The Labute approximate surface area is 117 Å². The van der Waals surface area contributed by atoms with Crippen LogP contribution in [0.2, 0.25) is 0 Å². The third-order valence-corrected chi connectivity index (χ3v) is 3.70. The summed E-state index contributed by atoms with van der Waals surface area (Å²) in [6.07, 6.45) is 1.33. The maximum absolute atomic E-state index is 11.5. The summed E-state index contributed by atoms with van der Waals surface area (Å²) < 4.78 is 4.75. The molecule has 0 unspecified atom stereocenters. The van der Waals surface area contributed by atoms with E-state index in [1.54, 1.807) is 6.07 Å². The van der Waals surface area contributed by atoms with E-state index in [1.165, 1.54) is 13.2 Å². The van der Waals surface area contributed by atoms with Crippen LogP contribution < -0.4 is 4.90 Å². The second-order valence-electron chi connectivity index (χ2n) is 5.03. The maximum Gasteiger partial charge on any atom is 0.308 e. The second-order valence-corrected chi connectivity index (χ2v) is 5.03. The van der Waals surface area contributed by atoms with Crippen molar-refractivity contribution in [2.45, 2.75) is 19.8 Å². The highest BCUT2D eigenvalue weighted by Gasteiger charge is 2.28. The number of nitrogens with zero attached hydrogens (tertiary/aromatic N) is 2. The van der Waals surface area contributed by atoms with Crippen LogP contribution in [0.4, 0.5) is 11.4 Å². The summed E-state index contributed by atoms with van der Waals surface area (Å²) in [6, 6.07) is 5.11. The average Bonchev–Trinajstić information content (AvgIpc) is 2.46. The van der Waals surface area contributed by atoms with Gasteiger partial charge in [-0.05, 0) is 31.4 Å². The lowest BCUT2D eigenvalue weighted by Crippen LogP contribution is -2.37. The molecule has 1 aliphatic heterocycles. The first-order valence-corrected chi connectivity index (χ1v) is 6.60. The number of nitro groups is 1. The first-order valence-electron chi connectivity index (χ1n) is 6.60. The van der Waals surface area contributed by atoms with Gasteiger partial charge in [0.25, 0.3) is 5.69 Å². The van der Waals surface area contributed by atoms with Gasteiger partial charge in [0.15, 0.2) is 0 Å². The SMILES string of the molecule is COC(=O)C1CCN(c2cc(C)ccc2[N+](=O)[O-])CC1. The van der Waals surface area contributed by atoms with E-state index in [0.29, 0.717) is 31.6 Å². The van der Waals surface area contributed by atoms with Crippen LogP contribution in [0, 0.1) is 23.0 Å². The van der Waals surface area contributed by atoms with E-state index < -0.39 is 0 Å². The molecule has 0 aliphatic carbocycles. The van der Waals surface area contributed by atoms with Crippen LogP contribution in [0.5, 0.6) is 0 Å². The van der Waals surface area contributed by atoms with E-state index in [9.17, 15) is 14.9 Å².